The Hall–Kier alpha value is -1.08. The van der Waals surface area contributed by atoms with Crippen molar-refractivity contribution in [1.82, 2.24) is 4.98 Å². The number of benzene rings is 1. The van der Waals surface area contributed by atoms with Crippen LogP contribution < -0.4 is 10.5 Å². The minimum absolute atomic E-state index is 0.156. The molecule has 2 rings (SSSR count). The summed E-state index contributed by atoms with van der Waals surface area (Å²) in [4.78, 5) is 4.35. The van der Waals surface area contributed by atoms with Crippen molar-refractivity contribution in [2.24, 2.45) is 5.14 Å². The number of pyridine rings is 1. The summed E-state index contributed by atoms with van der Waals surface area (Å²) in [6, 6.07) is 5.28. The standard InChI is InChI=1S/C12H13Cl2N3O2S/c1-7-6-10(16-4-5-20(15,18)19)8-2-3-9(13)11(14)12(8)17-7/h2-3,6H,4-5H2,1H3,(H,16,17)(H2,15,18,19). The Bertz CT molecular complexity index is 763. The molecule has 20 heavy (non-hydrogen) atoms. The average molecular weight is 334 g/mol. The number of nitrogens with zero attached hydrogens (tertiary/aromatic N) is 1. The summed E-state index contributed by atoms with van der Waals surface area (Å²) in [6.07, 6.45) is 0. The molecule has 0 fully saturated rings. The second-order valence-electron chi connectivity index (χ2n) is 4.36. The number of sulfonamides is 1. The number of nitrogens with one attached hydrogen (secondary N) is 1. The Labute approximate surface area is 127 Å². The van der Waals surface area contributed by atoms with Crippen molar-refractivity contribution in [3.63, 3.8) is 0 Å². The second kappa shape index (κ2) is 5.73. The van der Waals surface area contributed by atoms with Crippen LogP contribution in [0.1, 0.15) is 5.69 Å². The number of anilines is 1. The van der Waals surface area contributed by atoms with Gasteiger partial charge in [-0.2, -0.15) is 0 Å². The van der Waals surface area contributed by atoms with Gasteiger partial charge >= 0.3 is 0 Å². The van der Waals surface area contributed by atoms with Gasteiger partial charge in [0, 0.05) is 23.3 Å². The second-order valence-corrected chi connectivity index (χ2v) is 6.88. The number of hydrogen-bond acceptors (Lipinski definition) is 4. The molecule has 0 bridgehead atoms. The zero-order valence-corrected chi connectivity index (χ0v) is 13.0. The SMILES string of the molecule is Cc1cc(NCCS(N)(=O)=O)c2ccc(Cl)c(Cl)c2n1. The van der Waals surface area contributed by atoms with Crippen molar-refractivity contribution >= 4 is 49.8 Å². The van der Waals surface area contributed by atoms with Gasteiger partial charge in [0.2, 0.25) is 10.0 Å². The summed E-state index contributed by atoms with van der Waals surface area (Å²) >= 11 is 12.1. The molecule has 5 nitrogen and oxygen atoms in total. The van der Waals surface area contributed by atoms with Crippen LogP contribution in [0.15, 0.2) is 18.2 Å². The van der Waals surface area contributed by atoms with E-state index in [-0.39, 0.29) is 12.3 Å². The van der Waals surface area contributed by atoms with E-state index in [1.807, 2.05) is 13.0 Å². The van der Waals surface area contributed by atoms with Gasteiger partial charge in [0.15, 0.2) is 0 Å². The van der Waals surface area contributed by atoms with E-state index in [4.69, 9.17) is 28.3 Å². The molecule has 0 aliphatic heterocycles. The van der Waals surface area contributed by atoms with E-state index < -0.39 is 10.0 Å². The summed E-state index contributed by atoms with van der Waals surface area (Å²) in [5.74, 6) is -0.156. The smallest absolute Gasteiger partial charge is 0.210 e. The molecule has 1 aromatic heterocycles. The summed E-state index contributed by atoms with van der Waals surface area (Å²) in [5.41, 5.74) is 2.08. The highest BCUT2D eigenvalue weighted by Gasteiger charge is 2.10. The van der Waals surface area contributed by atoms with Gasteiger partial charge in [-0.1, -0.05) is 23.2 Å². The lowest BCUT2D eigenvalue weighted by Crippen LogP contribution is -2.22. The number of nitrogens with two attached hydrogens (primary N) is 1. The minimum Gasteiger partial charge on any atom is -0.383 e. The molecule has 0 saturated heterocycles. The number of rotatable bonds is 4. The molecule has 0 amide bonds. The molecule has 1 heterocycles. The van der Waals surface area contributed by atoms with E-state index >= 15 is 0 Å². The zero-order valence-electron chi connectivity index (χ0n) is 10.7. The Morgan fingerprint density at radius 2 is 2.05 bits per heavy atom. The Balaban J connectivity index is 2.40. The number of hydrogen-bond donors (Lipinski definition) is 2. The van der Waals surface area contributed by atoms with Gasteiger partial charge in [0.25, 0.3) is 0 Å². The fourth-order valence-corrected chi connectivity index (χ4v) is 2.58. The minimum atomic E-state index is -3.50. The topological polar surface area (TPSA) is 85.1 Å². The van der Waals surface area contributed by atoms with Crippen molar-refractivity contribution in [2.75, 3.05) is 17.6 Å². The lowest BCUT2D eigenvalue weighted by atomic mass is 10.1. The highest BCUT2D eigenvalue weighted by Crippen LogP contribution is 2.33. The number of primary sulfonamides is 1. The first-order valence-corrected chi connectivity index (χ1v) is 8.25. The maximum Gasteiger partial charge on any atom is 0.210 e. The number of aryl methyl sites for hydroxylation is 1. The van der Waals surface area contributed by atoms with Gasteiger partial charge in [-0.25, -0.2) is 13.6 Å². The highest BCUT2D eigenvalue weighted by molar-refractivity contribution is 7.89. The summed E-state index contributed by atoms with van der Waals surface area (Å²) in [7, 11) is -3.50. The molecule has 2 aromatic rings. The van der Waals surface area contributed by atoms with E-state index in [1.165, 1.54) is 0 Å². The molecule has 0 spiro atoms. The first-order valence-electron chi connectivity index (χ1n) is 5.77. The zero-order chi connectivity index (χ0) is 14.9. The summed E-state index contributed by atoms with van der Waals surface area (Å²) in [6.45, 7) is 2.03. The number of fused-ring (bicyclic) bond motifs is 1. The molecule has 8 heteroatoms. The molecule has 0 aliphatic carbocycles. The van der Waals surface area contributed by atoms with Gasteiger partial charge in [0.05, 0.1) is 21.3 Å². The van der Waals surface area contributed by atoms with Gasteiger partial charge in [0.1, 0.15) is 0 Å². The van der Waals surface area contributed by atoms with E-state index in [2.05, 4.69) is 10.3 Å². The lowest BCUT2D eigenvalue weighted by molar-refractivity contribution is 0.598. The predicted molar refractivity (Wildman–Crippen MR) is 83.0 cm³/mol. The van der Waals surface area contributed by atoms with E-state index in [9.17, 15) is 8.42 Å². The van der Waals surface area contributed by atoms with Crippen molar-refractivity contribution in [1.29, 1.82) is 0 Å². The maximum absolute atomic E-state index is 10.9. The third-order valence-corrected chi connectivity index (χ3v) is 4.27. The highest BCUT2D eigenvalue weighted by atomic mass is 35.5. The maximum atomic E-state index is 10.9. The Morgan fingerprint density at radius 1 is 1.35 bits per heavy atom. The molecule has 0 unspecified atom stereocenters. The van der Waals surface area contributed by atoms with Gasteiger partial charge < -0.3 is 5.32 Å². The van der Waals surface area contributed by atoms with Gasteiger partial charge in [-0.05, 0) is 25.1 Å². The van der Waals surface area contributed by atoms with Crippen LogP contribution in [0.25, 0.3) is 10.9 Å². The van der Waals surface area contributed by atoms with Crippen LogP contribution >= 0.6 is 23.2 Å². The van der Waals surface area contributed by atoms with Crippen molar-refractivity contribution in [3.8, 4) is 0 Å². The Morgan fingerprint density at radius 3 is 2.70 bits per heavy atom. The third kappa shape index (κ3) is 3.52. The van der Waals surface area contributed by atoms with Crippen molar-refractivity contribution in [2.45, 2.75) is 6.92 Å². The van der Waals surface area contributed by atoms with Crippen LogP contribution in [0.3, 0.4) is 0 Å². The summed E-state index contributed by atoms with van der Waals surface area (Å²) < 4.78 is 21.9. The fraction of sp³-hybridized carbons (Fsp3) is 0.250. The first kappa shape index (κ1) is 15.3. The molecular formula is C12H13Cl2N3O2S. The van der Waals surface area contributed by atoms with Crippen LogP contribution in [0.4, 0.5) is 5.69 Å². The fourth-order valence-electron chi connectivity index (χ4n) is 1.84. The molecule has 3 N–H and O–H groups in total. The average Bonchev–Trinajstić information content (AvgIpc) is 2.32. The van der Waals surface area contributed by atoms with Crippen LogP contribution in [0.5, 0.6) is 0 Å². The van der Waals surface area contributed by atoms with E-state index in [0.717, 1.165) is 16.8 Å². The van der Waals surface area contributed by atoms with Crippen LogP contribution in [0, 0.1) is 6.92 Å². The monoisotopic (exact) mass is 333 g/mol. The quantitative estimate of drug-likeness (QED) is 0.900. The molecule has 0 saturated carbocycles. The largest absolute Gasteiger partial charge is 0.383 e. The number of halogens is 2. The molecule has 0 radical (unpaired) electrons. The predicted octanol–water partition coefficient (Wildman–Crippen LogP) is 2.55. The van der Waals surface area contributed by atoms with Gasteiger partial charge in [-0.15, -0.1) is 0 Å². The van der Waals surface area contributed by atoms with Crippen LogP contribution in [-0.2, 0) is 10.0 Å². The van der Waals surface area contributed by atoms with E-state index in [0.29, 0.717) is 15.6 Å². The van der Waals surface area contributed by atoms with Crippen LogP contribution in [-0.4, -0.2) is 25.7 Å². The van der Waals surface area contributed by atoms with Crippen LogP contribution in [0.2, 0.25) is 10.0 Å². The first-order chi connectivity index (χ1) is 9.28. The van der Waals surface area contributed by atoms with Crippen molar-refractivity contribution in [3.05, 3.63) is 33.9 Å². The third-order valence-electron chi connectivity index (χ3n) is 2.70. The molecule has 0 atom stereocenters. The van der Waals surface area contributed by atoms with Crippen molar-refractivity contribution < 1.29 is 8.42 Å². The van der Waals surface area contributed by atoms with Gasteiger partial charge in [-0.3, -0.25) is 4.98 Å². The molecule has 1 aromatic carbocycles. The normalized spacial score (nSPS) is 11.8. The molecule has 108 valence electrons. The van der Waals surface area contributed by atoms with E-state index in [1.54, 1.807) is 12.1 Å². The summed E-state index contributed by atoms with van der Waals surface area (Å²) in [5, 5.41) is 9.58. The Kier molecular flexibility index (Phi) is 4.39. The lowest BCUT2D eigenvalue weighted by Gasteiger charge is -2.11. The molecule has 0 aliphatic rings. The molecular weight excluding hydrogens is 321 g/mol. The number of aromatic nitrogens is 1.